The molecule has 0 aliphatic carbocycles. The molecule has 0 aromatic carbocycles. The summed E-state index contributed by atoms with van der Waals surface area (Å²) in [5.74, 6) is 0.229. The Labute approximate surface area is 77.1 Å². The Hall–Kier alpha value is -1.32. The number of hydrogen-bond donors (Lipinski definition) is 0. The van der Waals surface area contributed by atoms with E-state index in [4.69, 9.17) is 0 Å². The second kappa shape index (κ2) is 3.20. The summed E-state index contributed by atoms with van der Waals surface area (Å²) in [5.41, 5.74) is 1.13. The normalized spacial score (nSPS) is 15.6. The van der Waals surface area contributed by atoms with Crippen LogP contribution >= 0.6 is 0 Å². The molecule has 70 valence electrons. The van der Waals surface area contributed by atoms with Crippen molar-refractivity contribution in [2.75, 3.05) is 6.54 Å². The molecule has 1 aliphatic rings. The van der Waals surface area contributed by atoms with Crippen molar-refractivity contribution in [3.05, 3.63) is 18.0 Å². The van der Waals surface area contributed by atoms with E-state index >= 15 is 0 Å². The molecule has 2 heterocycles. The maximum atomic E-state index is 11.4. The summed E-state index contributed by atoms with van der Waals surface area (Å²) >= 11 is 0. The van der Waals surface area contributed by atoms with Gasteiger partial charge in [0.25, 0.3) is 0 Å². The van der Waals surface area contributed by atoms with Gasteiger partial charge >= 0.3 is 0 Å². The first-order valence-electron chi connectivity index (χ1n) is 4.59. The molecular formula is C9H13N3O. The summed E-state index contributed by atoms with van der Waals surface area (Å²) < 4.78 is 1.96. The molecule has 0 bridgehead atoms. The van der Waals surface area contributed by atoms with Gasteiger partial charge in [0.05, 0.1) is 18.8 Å². The van der Waals surface area contributed by atoms with E-state index in [1.807, 2.05) is 22.6 Å². The fourth-order valence-corrected chi connectivity index (χ4v) is 1.62. The molecule has 0 radical (unpaired) electrons. The van der Waals surface area contributed by atoms with Gasteiger partial charge in [-0.1, -0.05) is 6.92 Å². The summed E-state index contributed by atoms with van der Waals surface area (Å²) in [5, 5.41) is 4.16. The zero-order valence-corrected chi connectivity index (χ0v) is 7.73. The van der Waals surface area contributed by atoms with Crippen molar-refractivity contribution >= 4 is 5.91 Å². The van der Waals surface area contributed by atoms with E-state index in [9.17, 15) is 4.79 Å². The first-order valence-corrected chi connectivity index (χ1v) is 4.59. The molecule has 0 saturated carbocycles. The highest BCUT2D eigenvalue weighted by Crippen LogP contribution is 2.11. The third-order valence-electron chi connectivity index (χ3n) is 2.39. The van der Waals surface area contributed by atoms with E-state index in [-0.39, 0.29) is 5.91 Å². The number of hydrogen-bond acceptors (Lipinski definition) is 2. The van der Waals surface area contributed by atoms with Crippen LogP contribution in [0.1, 0.15) is 19.0 Å². The summed E-state index contributed by atoms with van der Waals surface area (Å²) in [4.78, 5) is 13.3. The SMILES string of the molecule is CCC(=O)N1CCn2nccc2C1. The molecule has 1 aliphatic heterocycles. The fourth-order valence-electron chi connectivity index (χ4n) is 1.62. The van der Waals surface area contributed by atoms with Gasteiger partial charge in [-0.15, -0.1) is 0 Å². The Bertz CT molecular complexity index is 318. The van der Waals surface area contributed by atoms with Crippen LogP contribution in [-0.2, 0) is 17.9 Å². The van der Waals surface area contributed by atoms with Crippen LogP contribution in [0.4, 0.5) is 0 Å². The minimum atomic E-state index is 0.229. The second-order valence-corrected chi connectivity index (χ2v) is 3.21. The van der Waals surface area contributed by atoms with E-state index < -0.39 is 0 Å². The molecule has 0 unspecified atom stereocenters. The maximum Gasteiger partial charge on any atom is 0.222 e. The van der Waals surface area contributed by atoms with Crippen molar-refractivity contribution in [1.29, 1.82) is 0 Å². The predicted molar refractivity (Wildman–Crippen MR) is 47.9 cm³/mol. The Kier molecular flexibility index (Phi) is 2.04. The molecule has 0 atom stereocenters. The Morgan fingerprint density at radius 1 is 1.62 bits per heavy atom. The number of carbonyl (C=O) groups excluding carboxylic acids is 1. The topological polar surface area (TPSA) is 38.1 Å². The smallest absolute Gasteiger partial charge is 0.222 e. The zero-order chi connectivity index (χ0) is 9.26. The summed E-state index contributed by atoms with van der Waals surface area (Å²) in [6.07, 6.45) is 2.38. The van der Waals surface area contributed by atoms with E-state index in [1.165, 1.54) is 0 Å². The molecule has 0 N–H and O–H groups in total. The quantitative estimate of drug-likeness (QED) is 0.634. The average molecular weight is 179 g/mol. The van der Waals surface area contributed by atoms with E-state index in [1.54, 1.807) is 6.20 Å². The Morgan fingerprint density at radius 2 is 2.46 bits per heavy atom. The number of rotatable bonds is 1. The largest absolute Gasteiger partial charge is 0.335 e. The van der Waals surface area contributed by atoms with Gasteiger partial charge in [0.15, 0.2) is 0 Å². The average Bonchev–Trinajstić information content (AvgIpc) is 2.63. The summed E-state index contributed by atoms with van der Waals surface area (Å²) in [6, 6.07) is 1.97. The second-order valence-electron chi connectivity index (χ2n) is 3.21. The monoisotopic (exact) mass is 179 g/mol. The number of nitrogens with zero attached hydrogens (tertiary/aromatic N) is 3. The van der Waals surface area contributed by atoms with Gasteiger partial charge in [0.2, 0.25) is 5.91 Å². The fraction of sp³-hybridized carbons (Fsp3) is 0.556. The lowest BCUT2D eigenvalue weighted by molar-refractivity contribution is -0.132. The molecule has 1 aromatic heterocycles. The van der Waals surface area contributed by atoms with Gasteiger partial charge in [-0.05, 0) is 6.07 Å². The first kappa shape index (κ1) is 8.29. The molecule has 1 amide bonds. The zero-order valence-electron chi connectivity index (χ0n) is 7.73. The molecule has 4 nitrogen and oxygen atoms in total. The van der Waals surface area contributed by atoms with Crippen LogP contribution in [0.2, 0.25) is 0 Å². The molecule has 0 saturated heterocycles. The van der Waals surface area contributed by atoms with Gasteiger partial charge in [-0.3, -0.25) is 9.48 Å². The molecule has 13 heavy (non-hydrogen) atoms. The molecule has 0 spiro atoms. The first-order chi connectivity index (χ1) is 6.31. The lowest BCUT2D eigenvalue weighted by atomic mass is 10.3. The number of aromatic nitrogens is 2. The van der Waals surface area contributed by atoms with E-state index in [0.29, 0.717) is 13.0 Å². The van der Waals surface area contributed by atoms with Gasteiger partial charge in [-0.25, -0.2) is 0 Å². The predicted octanol–water partition coefficient (Wildman–Crippen LogP) is 0.635. The highest BCUT2D eigenvalue weighted by Gasteiger charge is 2.18. The Morgan fingerprint density at radius 3 is 3.23 bits per heavy atom. The lowest BCUT2D eigenvalue weighted by Gasteiger charge is -2.27. The minimum absolute atomic E-state index is 0.229. The van der Waals surface area contributed by atoms with Crippen molar-refractivity contribution in [2.24, 2.45) is 0 Å². The Balaban J connectivity index is 2.13. The third-order valence-corrected chi connectivity index (χ3v) is 2.39. The van der Waals surface area contributed by atoms with Gasteiger partial charge in [-0.2, -0.15) is 5.10 Å². The number of carbonyl (C=O) groups is 1. The molecule has 1 aromatic rings. The minimum Gasteiger partial charge on any atom is -0.335 e. The van der Waals surface area contributed by atoms with Crippen LogP contribution < -0.4 is 0 Å². The summed E-state index contributed by atoms with van der Waals surface area (Å²) in [6.45, 7) is 4.23. The highest BCUT2D eigenvalue weighted by atomic mass is 16.2. The van der Waals surface area contributed by atoms with Crippen LogP contribution in [0.5, 0.6) is 0 Å². The van der Waals surface area contributed by atoms with Crippen LogP contribution in [0.25, 0.3) is 0 Å². The third kappa shape index (κ3) is 1.43. The highest BCUT2D eigenvalue weighted by molar-refractivity contribution is 5.75. The van der Waals surface area contributed by atoms with Gasteiger partial charge in [0, 0.05) is 19.2 Å². The van der Waals surface area contributed by atoms with E-state index in [0.717, 1.165) is 18.8 Å². The van der Waals surface area contributed by atoms with Crippen LogP contribution in [0, 0.1) is 0 Å². The van der Waals surface area contributed by atoms with Crippen molar-refractivity contribution in [3.8, 4) is 0 Å². The molecular weight excluding hydrogens is 166 g/mol. The van der Waals surface area contributed by atoms with Crippen LogP contribution in [0.15, 0.2) is 12.3 Å². The van der Waals surface area contributed by atoms with Crippen molar-refractivity contribution < 1.29 is 4.79 Å². The molecule has 0 fully saturated rings. The maximum absolute atomic E-state index is 11.4. The molecule has 2 rings (SSSR count). The van der Waals surface area contributed by atoms with Gasteiger partial charge in [0.1, 0.15) is 0 Å². The van der Waals surface area contributed by atoms with Crippen LogP contribution in [0.3, 0.4) is 0 Å². The van der Waals surface area contributed by atoms with E-state index in [2.05, 4.69) is 5.10 Å². The van der Waals surface area contributed by atoms with Crippen LogP contribution in [-0.4, -0.2) is 27.1 Å². The van der Waals surface area contributed by atoms with Crippen molar-refractivity contribution in [3.63, 3.8) is 0 Å². The standard InChI is InChI=1S/C9H13N3O/c1-2-9(13)11-5-6-12-8(7-11)3-4-10-12/h3-4H,2,5-7H2,1H3. The van der Waals surface area contributed by atoms with Gasteiger partial charge < -0.3 is 4.90 Å². The number of amides is 1. The number of fused-ring (bicyclic) bond motifs is 1. The molecule has 4 heteroatoms. The lowest BCUT2D eigenvalue weighted by Crippen LogP contribution is -2.37. The van der Waals surface area contributed by atoms with Crippen molar-refractivity contribution in [1.82, 2.24) is 14.7 Å². The summed E-state index contributed by atoms with van der Waals surface area (Å²) in [7, 11) is 0. The van der Waals surface area contributed by atoms with Crippen molar-refractivity contribution in [2.45, 2.75) is 26.4 Å².